The third-order valence-corrected chi connectivity index (χ3v) is 9.52. The molecule has 0 spiro atoms. The van der Waals surface area contributed by atoms with Gasteiger partial charge in [-0.1, -0.05) is 56.4 Å². The van der Waals surface area contributed by atoms with Gasteiger partial charge in [-0.05, 0) is 55.0 Å². The molecule has 1 saturated heterocycles. The van der Waals surface area contributed by atoms with Crippen LogP contribution in [0.4, 0.5) is 5.82 Å². The van der Waals surface area contributed by atoms with Gasteiger partial charge in [0, 0.05) is 19.2 Å². The number of aromatic nitrogens is 3. The Morgan fingerprint density at radius 3 is 2.59 bits per heavy atom. The summed E-state index contributed by atoms with van der Waals surface area (Å²) in [6.45, 7) is 8.95. The molecule has 2 aromatic carbocycles. The summed E-state index contributed by atoms with van der Waals surface area (Å²) in [5.41, 5.74) is 2.89. The number of nitrogens with zero attached hydrogens (tertiary/aromatic N) is 4. The van der Waals surface area contributed by atoms with Crippen LogP contribution in [0.1, 0.15) is 44.9 Å². The molecule has 1 aliphatic heterocycles. The van der Waals surface area contributed by atoms with Crippen molar-refractivity contribution in [2.45, 2.75) is 50.8 Å². The number of rotatable bonds is 5. The van der Waals surface area contributed by atoms with Crippen LogP contribution in [0.25, 0.3) is 15.3 Å². The Balaban J connectivity index is 1.37. The zero-order valence-electron chi connectivity index (χ0n) is 21.4. The normalized spacial score (nSPS) is 17.2. The quantitative estimate of drug-likeness (QED) is 0.381. The Morgan fingerprint density at radius 1 is 1.11 bits per heavy atom. The molecule has 0 saturated carbocycles. The van der Waals surface area contributed by atoms with Gasteiger partial charge in [0.15, 0.2) is 0 Å². The molecule has 194 valence electrons. The Morgan fingerprint density at radius 2 is 1.86 bits per heavy atom. The maximum atomic E-state index is 13.3. The number of anilines is 1. The molecule has 5 rings (SSSR count). The van der Waals surface area contributed by atoms with Crippen molar-refractivity contribution >= 4 is 43.3 Å². The van der Waals surface area contributed by atoms with Crippen LogP contribution in [0.5, 0.6) is 0 Å². The smallest absolute Gasteiger partial charge is 0.243 e. The number of piperidine rings is 1. The minimum absolute atomic E-state index is 0.0294. The molecule has 0 bridgehead atoms. The van der Waals surface area contributed by atoms with E-state index in [2.05, 4.69) is 43.3 Å². The second kappa shape index (κ2) is 9.66. The van der Waals surface area contributed by atoms with Crippen LogP contribution in [-0.4, -0.2) is 46.5 Å². The standard InChI is InChI=1S/C27H31N5O3S2/c1-18-15-24(32(30-18)26-28-22-13-12-20(27(2,3)4)16-23(22)36-26)29-25(33)19-9-8-14-31(17-19)37(34,35)21-10-6-5-7-11-21/h5-7,10-13,15-16,19H,8-9,14,17H2,1-4H3,(H,29,33). The molecule has 0 radical (unpaired) electrons. The van der Waals surface area contributed by atoms with E-state index >= 15 is 0 Å². The highest BCUT2D eigenvalue weighted by Gasteiger charge is 2.33. The summed E-state index contributed by atoms with van der Waals surface area (Å²) in [6, 6.07) is 16.5. The number of hydrogen-bond acceptors (Lipinski definition) is 6. The SMILES string of the molecule is Cc1cc(NC(=O)C2CCCN(S(=O)(=O)c3ccccc3)C2)n(-c2nc3ccc(C(C)(C)C)cc3s2)n1. The number of amides is 1. The molecule has 2 aromatic heterocycles. The van der Waals surface area contributed by atoms with Gasteiger partial charge in [-0.2, -0.15) is 14.1 Å². The third kappa shape index (κ3) is 5.18. The van der Waals surface area contributed by atoms with Crippen molar-refractivity contribution in [1.82, 2.24) is 19.1 Å². The highest BCUT2D eigenvalue weighted by molar-refractivity contribution is 7.89. The summed E-state index contributed by atoms with van der Waals surface area (Å²) in [5, 5.41) is 8.25. The first-order valence-electron chi connectivity index (χ1n) is 12.4. The van der Waals surface area contributed by atoms with Crippen molar-refractivity contribution in [2.75, 3.05) is 18.4 Å². The highest BCUT2D eigenvalue weighted by Crippen LogP contribution is 2.32. The molecule has 3 heterocycles. The lowest BCUT2D eigenvalue weighted by atomic mass is 9.87. The highest BCUT2D eigenvalue weighted by atomic mass is 32.2. The molecule has 1 unspecified atom stereocenters. The maximum absolute atomic E-state index is 13.3. The van der Waals surface area contributed by atoms with E-state index in [-0.39, 0.29) is 22.8 Å². The first-order valence-corrected chi connectivity index (χ1v) is 14.6. The number of nitrogens with one attached hydrogen (secondary N) is 1. The molecule has 1 N–H and O–H groups in total. The van der Waals surface area contributed by atoms with E-state index < -0.39 is 15.9 Å². The van der Waals surface area contributed by atoms with E-state index in [4.69, 9.17) is 4.98 Å². The number of carbonyl (C=O) groups excluding carboxylic acids is 1. The average Bonchev–Trinajstić information content (AvgIpc) is 3.46. The first kappa shape index (κ1) is 25.6. The number of hydrogen-bond donors (Lipinski definition) is 1. The topological polar surface area (TPSA) is 97.2 Å². The molecule has 1 amide bonds. The molecule has 1 fully saturated rings. The van der Waals surface area contributed by atoms with Gasteiger partial charge in [-0.25, -0.2) is 13.4 Å². The zero-order chi connectivity index (χ0) is 26.4. The largest absolute Gasteiger partial charge is 0.310 e. The van der Waals surface area contributed by atoms with Crippen LogP contribution in [0.2, 0.25) is 0 Å². The number of carbonyl (C=O) groups is 1. The van der Waals surface area contributed by atoms with Gasteiger partial charge in [-0.15, -0.1) is 0 Å². The minimum atomic E-state index is -3.65. The van der Waals surface area contributed by atoms with Gasteiger partial charge in [-0.3, -0.25) is 4.79 Å². The molecule has 1 atom stereocenters. The molecule has 1 aliphatic rings. The zero-order valence-corrected chi connectivity index (χ0v) is 23.1. The lowest BCUT2D eigenvalue weighted by Crippen LogP contribution is -2.43. The Labute approximate surface area is 221 Å². The maximum Gasteiger partial charge on any atom is 0.243 e. The number of aryl methyl sites for hydroxylation is 1. The van der Waals surface area contributed by atoms with Crippen LogP contribution < -0.4 is 5.32 Å². The Bertz CT molecular complexity index is 1550. The molecular formula is C27H31N5O3S2. The summed E-state index contributed by atoms with van der Waals surface area (Å²) < 4.78 is 30.3. The summed E-state index contributed by atoms with van der Waals surface area (Å²) in [4.78, 5) is 18.3. The van der Waals surface area contributed by atoms with Crippen LogP contribution >= 0.6 is 11.3 Å². The lowest BCUT2D eigenvalue weighted by Gasteiger charge is -2.31. The van der Waals surface area contributed by atoms with E-state index in [1.807, 2.05) is 19.1 Å². The van der Waals surface area contributed by atoms with Gasteiger partial charge in [0.05, 0.1) is 26.7 Å². The summed E-state index contributed by atoms with van der Waals surface area (Å²) >= 11 is 1.52. The van der Waals surface area contributed by atoms with Gasteiger partial charge in [0.1, 0.15) is 5.82 Å². The predicted molar refractivity (Wildman–Crippen MR) is 147 cm³/mol. The summed E-state index contributed by atoms with van der Waals surface area (Å²) in [5.74, 6) is -0.147. The minimum Gasteiger partial charge on any atom is -0.310 e. The van der Waals surface area contributed by atoms with Gasteiger partial charge in [0.2, 0.25) is 21.1 Å². The summed E-state index contributed by atoms with van der Waals surface area (Å²) in [7, 11) is -3.65. The molecular weight excluding hydrogens is 506 g/mol. The van der Waals surface area contributed by atoms with Gasteiger partial charge >= 0.3 is 0 Å². The van der Waals surface area contributed by atoms with E-state index in [0.29, 0.717) is 30.3 Å². The number of sulfonamides is 1. The van der Waals surface area contributed by atoms with E-state index in [1.165, 1.54) is 21.2 Å². The van der Waals surface area contributed by atoms with Crippen molar-refractivity contribution in [1.29, 1.82) is 0 Å². The fourth-order valence-corrected chi connectivity index (χ4v) is 7.06. The molecule has 37 heavy (non-hydrogen) atoms. The van der Waals surface area contributed by atoms with Crippen LogP contribution in [0, 0.1) is 12.8 Å². The van der Waals surface area contributed by atoms with Crippen molar-refractivity contribution in [2.24, 2.45) is 5.92 Å². The monoisotopic (exact) mass is 537 g/mol. The van der Waals surface area contributed by atoms with E-state index in [0.717, 1.165) is 15.9 Å². The van der Waals surface area contributed by atoms with Gasteiger partial charge < -0.3 is 5.32 Å². The van der Waals surface area contributed by atoms with Crippen molar-refractivity contribution in [3.63, 3.8) is 0 Å². The molecule has 4 aromatic rings. The van der Waals surface area contributed by atoms with Crippen molar-refractivity contribution < 1.29 is 13.2 Å². The molecule has 10 heteroatoms. The van der Waals surface area contributed by atoms with Gasteiger partial charge in [0.25, 0.3) is 0 Å². The second-order valence-corrected chi connectivity index (χ2v) is 13.5. The number of thiazole rings is 1. The van der Waals surface area contributed by atoms with Crippen molar-refractivity contribution in [3.8, 4) is 5.13 Å². The summed E-state index contributed by atoms with van der Waals surface area (Å²) in [6.07, 6.45) is 1.24. The number of benzene rings is 2. The Kier molecular flexibility index (Phi) is 6.68. The fraction of sp³-hybridized carbons (Fsp3) is 0.370. The average molecular weight is 538 g/mol. The first-order chi connectivity index (χ1) is 17.5. The Hall–Kier alpha value is -3.08. The number of fused-ring (bicyclic) bond motifs is 1. The van der Waals surface area contributed by atoms with Crippen LogP contribution in [0.3, 0.4) is 0 Å². The van der Waals surface area contributed by atoms with Crippen molar-refractivity contribution in [3.05, 3.63) is 65.9 Å². The molecule has 8 nitrogen and oxygen atoms in total. The van der Waals surface area contributed by atoms with Crippen LogP contribution in [0.15, 0.2) is 59.5 Å². The van der Waals surface area contributed by atoms with E-state index in [9.17, 15) is 13.2 Å². The van der Waals surface area contributed by atoms with E-state index in [1.54, 1.807) is 35.0 Å². The second-order valence-electron chi connectivity index (χ2n) is 10.5. The fourth-order valence-electron chi connectivity index (χ4n) is 4.55. The van der Waals surface area contributed by atoms with Crippen LogP contribution in [-0.2, 0) is 20.2 Å². The molecule has 0 aliphatic carbocycles. The lowest BCUT2D eigenvalue weighted by molar-refractivity contribution is -0.120. The third-order valence-electron chi connectivity index (χ3n) is 6.64. The predicted octanol–water partition coefficient (Wildman–Crippen LogP) is 5.13.